The van der Waals surface area contributed by atoms with E-state index in [9.17, 15) is 8.78 Å². The Morgan fingerprint density at radius 1 is 1.27 bits per heavy atom. The lowest BCUT2D eigenvalue weighted by Crippen LogP contribution is -2.60. The van der Waals surface area contributed by atoms with Gasteiger partial charge in [0.15, 0.2) is 0 Å². The van der Waals surface area contributed by atoms with E-state index in [0.717, 1.165) is 0 Å². The van der Waals surface area contributed by atoms with Gasteiger partial charge in [0.25, 0.3) is 0 Å². The SMILES string of the molecule is CC(C)N1CC(C)(C(F)F)C1. The minimum atomic E-state index is -2.17. The van der Waals surface area contributed by atoms with E-state index in [-0.39, 0.29) is 0 Å². The first-order valence-corrected chi connectivity index (χ1v) is 3.98. The Morgan fingerprint density at radius 3 is 2.00 bits per heavy atom. The zero-order valence-corrected chi connectivity index (χ0v) is 7.27. The first-order valence-electron chi connectivity index (χ1n) is 3.98. The normalized spacial score (nSPS) is 24.3. The van der Waals surface area contributed by atoms with Crippen LogP contribution in [0, 0.1) is 5.41 Å². The van der Waals surface area contributed by atoms with Crippen LogP contribution >= 0.6 is 0 Å². The molecule has 0 amide bonds. The molecule has 0 bridgehead atoms. The van der Waals surface area contributed by atoms with Gasteiger partial charge in [0.2, 0.25) is 6.43 Å². The Bertz CT molecular complexity index is 139. The van der Waals surface area contributed by atoms with Crippen LogP contribution in [0.2, 0.25) is 0 Å². The highest BCUT2D eigenvalue weighted by atomic mass is 19.3. The molecule has 1 aliphatic rings. The number of alkyl halides is 2. The number of halogens is 2. The first-order chi connectivity index (χ1) is 4.96. The van der Waals surface area contributed by atoms with Crippen LogP contribution < -0.4 is 0 Å². The maximum Gasteiger partial charge on any atom is 0.246 e. The number of hydrogen-bond donors (Lipinski definition) is 0. The fraction of sp³-hybridized carbons (Fsp3) is 1.00. The summed E-state index contributed by atoms with van der Waals surface area (Å²) in [4.78, 5) is 2.06. The Kier molecular flexibility index (Phi) is 2.19. The standard InChI is InChI=1S/C8H15F2N/c1-6(2)11-4-8(3,5-11)7(9)10/h6-7H,4-5H2,1-3H3. The molecule has 1 aliphatic heterocycles. The predicted octanol–water partition coefficient (Wildman–Crippen LogP) is 1.98. The number of hydrogen-bond acceptors (Lipinski definition) is 1. The van der Waals surface area contributed by atoms with Crippen molar-refractivity contribution in [2.24, 2.45) is 5.41 Å². The Labute approximate surface area is 66.4 Å². The van der Waals surface area contributed by atoms with Crippen molar-refractivity contribution in [3.8, 4) is 0 Å². The van der Waals surface area contributed by atoms with Crippen molar-refractivity contribution >= 4 is 0 Å². The number of likely N-dealkylation sites (tertiary alicyclic amines) is 1. The molecule has 1 rings (SSSR count). The molecule has 0 saturated carbocycles. The van der Waals surface area contributed by atoms with E-state index in [1.165, 1.54) is 0 Å². The summed E-state index contributed by atoms with van der Waals surface area (Å²) >= 11 is 0. The van der Waals surface area contributed by atoms with Gasteiger partial charge in [0.1, 0.15) is 0 Å². The maximum absolute atomic E-state index is 12.3. The zero-order valence-electron chi connectivity index (χ0n) is 7.27. The summed E-state index contributed by atoms with van der Waals surface area (Å²) in [6, 6.07) is 0.404. The second-order valence-electron chi connectivity index (χ2n) is 3.95. The zero-order chi connectivity index (χ0) is 8.65. The smallest absolute Gasteiger partial charge is 0.246 e. The van der Waals surface area contributed by atoms with E-state index >= 15 is 0 Å². The lowest BCUT2D eigenvalue weighted by molar-refractivity contribution is -0.110. The van der Waals surface area contributed by atoms with Crippen molar-refractivity contribution in [2.45, 2.75) is 33.2 Å². The van der Waals surface area contributed by atoms with E-state index in [1.807, 2.05) is 13.8 Å². The minimum Gasteiger partial charge on any atom is -0.299 e. The molecule has 0 aromatic carbocycles. The van der Waals surface area contributed by atoms with Crippen LogP contribution in [0.3, 0.4) is 0 Å². The van der Waals surface area contributed by atoms with Gasteiger partial charge in [-0.2, -0.15) is 0 Å². The van der Waals surface area contributed by atoms with Crippen LogP contribution in [0.4, 0.5) is 8.78 Å². The Balaban J connectivity index is 2.38. The molecule has 0 spiro atoms. The molecule has 11 heavy (non-hydrogen) atoms. The summed E-state index contributed by atoms with van der Waals surface area (Å²) < 4.78 is 24.5. The van der Waals surface area contributed by atoms with Crippen molar-refractivity contribution in [3.63, 3.8) is 0 Å². The predicted molar refractivity (Wildman–Crippen MR) is 40.8 cm³/mol. The van der Waals surface area contributed by atoms with E-state index in [1.54, 1.807) is 6.92 Å². The molecular formula is C8H15F2N. The van der Waals surface area contributed by atoms with Gasteiger partial charge >= 0.3 is 0 Å². The fourth-order valence-corrected chi connectivity index (χ4v) is 1.38. The third kappa shape index (κ3) is 1.53. The lowest BCUT2D eigenvalue weighted by atomic mass is 9.81. The van der Waals surface area contributed by atoms with Crippen LogP contribution in [-0.2, 0) is 0 Å². The average Bonchev–Trinajstić information content (AvgIpc) is 1.79. The van der Waals surface area contributed by atoms with Gasteiger partial charge in [0.05, 0.1) is 5.41 Å². The topological polar surface area (TPSA) is 3.24 Å². The third-order valence-corrected chi connectivity index (χ3v) is 2.39. The largest absolute Gasteiger partial charge is 0.299 e. The van der Waals surface area contributed by atoms with E-state index in [2.05, 4.69) is 4.90 Å². The molecule has 0 radical (unpaired) electrons. The molecular weight excluding hydrogens is 148 g/mol. The molecule has 0 aromatic heterocycles. The molecule has 0 atom stereocenters. The van der Waals surface area contributed by atoms with Crippen molar-refractivity contribution in [1.82, 2.24) is 4.90 Å². The highest BCUT2D eigenvalue weighted by molar-refractivity contribution is 4.94. The summed E-state index contributed by atoms with van der Waals surface area (Å²) in [5, 5.41) is 0. The van der Waals surface area contributed by atoms with Crippen molar-refractivity contribution < 1.29 is 8.78 Å². The van der Waals surface area contributed by atoms with Crippen LogP contribution in [0.15, 0.2) is 0 Å². The molecule has 0 aromatic rings. The second kappa shape index (κ2) is 2.70. The molecule has 1 saturated heterocycles. The van der Waals surface area contributed by atoms with E-state index < -0.39 is 11.8 Å². The fourth-order valence-electron chi connectivity index (χ4n) is 1.38. The van der Waals surface area contributed by atoms with Crippen LogP contribution in [-0.4, -0.2) is 30.5 Å². The van der Waals surface area contributed by atoms with Gasteiger partial charge in [-0.25, -0.2) is 8.78 Å². The summed E-state index contributed by atoms with van der Waals surface area (Å²) in [6.45, 7) is 6.80. The highest BCUT2D eigenvalue weighted by Gasteiger charge is 2.46. The summed E-state index contributed by atoms with van der Waals surface area (Å²) in [5.41, 5.74) is -0.732. The molecule has 0 unspecified atom stereocenters. The number of rotatable bonds is 2. The maximum atomic E-state index is 12.3. The lowest BCUT2D eigenvalue weighted by Gasteiger charge is -2.49. The van der Waals surface area contributed by atoms with Gasteiger partial charge in [-0.1, -0.05) is 6.92 Å². The van der Waals surface area contributed by atoms with Crippen LogP contribution in [0.25, 0.3) is 0 Å². The van der Waals surface area contributed by atoms with Gasteiger partial charge in [0, 0.05) is 19.1 Å². The van der Waals surface area contributed by atoms with E-state index in [4.69, 9.17) is 0 Å². The molecule has 1 nitrogen and oxygen atoms in total. The Morgan fingerprint density at radius 2 is 1.73 bits per heavy atom. The summed E-state index contributed by atoms with van der Waals surface area (Å²) in [6.07, 6.45) is -2.17. The first kappa shape index (κ1) is 8.91. The van der Waals surface area contributed by atoms with Gasteiger partial charge in [-0.05, 0) is 13.8 Å². The van der Waals surface area contributed by atoms with Crippen LogP contribution in [0.5, 0.6) is 0 Å². The summed E-state index contributed by atoms with van der Waals surface area (Å²) in [7, 11) is 0. The molecule has 0 aliphatic carbocycles. The highest BCUT2D eigenvalue weighted by Crippen LogP contribution is 2.36. The van der Waals surface area contributed by atoms with Crippen molar-refractivity contribution in [3.05, 3.63) is 0 Å². The van der Waals surface area contributed by atoms with Gasteiger partial charge < -0.3 is 0 Å². The molecule has 66 valence electrons. The molecule has 1 fully saturated rings. The Hall–Kier alpha value is -0.180. The molecule has 1 heterocycles. The average molecular weight is 163 g/mol. The van der Waals surface area contributed by atoms with E-state index in [0.29, 0.717) is 19.1 Å². The van der Waals surface area contributed by atoms with Crippen molar-refractivity contribution in [1.29, 1.82) is 0 Å². The monoisotopic (exact) mass is 163 g/mol. The minimum absolute atomic E-state index is 0.404. The van der Waals surface area contributed by atoms with Gasteiger partial charge in [-0.3, -0.25) is 4.90 Å². The van der Waals surface area contributed by atoms with Crippen LogP contribution in [0.1, 0.15) is 20.8 Å². The van der Waals surface area contributed by atoms with Gasteiger partial charge in [-0.15, -0.1) is 0 Å². The van der Waals surface area contributed by atoms with Crippen molar-refractivity contribution in [2.75, 3.05) is 13.1 Å². The molecule has 3 heteroatoms. The number of nitrogens with zero attached hydrogens (tertiary/aromatic N) is 1. The second-order valence-corrected chi connectivity index (χ2v) is 3.95. The third-order valence-electron chi connectivity index (χ3n) is 2.39. The molecule has 0 N–H and O–H groups in total. The summed E-state index contributed by atoms with van der Waals surface area (Å²) in [5.74, 6) is 0. The quantitative estimate of drug-likeness (QED) is 0.601.